The molecule has 13 heteroatoms. The highest BCUT2D eigenvalue weighted by Gasteiger charge is 2.48. The van der Waals surface area contributed by atoms with Gasteiger partial charge in [0, 0.05) is 31.1 Å². The number of hydrogen-bond donors (Lipinski definition) is 3. The molecule has 10 nitrogen and oxygen atoms in total. The number of benzene rings is 2. The van der Waals surface area contributed by atoms with E-state index in [2.05, 4.69) is 25.3 Å². The molecule has 1 aliphatic heterocycles. The summed E-state index contributed by atoms with van der Waals surface area (Å²) in [4.78, 5) is 30.9. The van der Waals surface area contributed by atoms with E-state index in [9.17, 15) is 23.1 Å². The summed E-state index contributed by atoms with van der Waals surface area (Å²) in [6.45, 7) is 1.47. The Hall–Kier alpha value is -5.51. The van der Waals surface area contributed by atoms with E-state index in [1.807, 2.05) is 0 Å². The predicted octanol–water partition coefficient (Wildman–Crippen LogP) is 3.61. The number of carbonyl (C=O) groups is 1. The number of nitrogens with two attached hydrogens (primary N) is 1. The molecule has 0 radical (unpaired) electrons. The van der Waals surface area contributed by atoms with Gasteiger partial charge in [0.05, 0.1) is 11.3 Å². The third-order valence-electron chi connectivity index (χ3n) is 6.85. The van der Waals surface area contributed by atoms with Crippen molar-refractivity contribution in [3.8, 4) is 23.3 Å². The summed E-state index contributed by atoms with van der Waals surface area (Å²) in [5.74, 6) is -3.69. The monoisotopic (exact) mass is 542 g/mol. The summed E-state index contributed by atoms with van der Waals surface area (Å²) in [5.41, 5.74) is 5.79. The molecular weight excluding hydrogens is 525 g/mol. The first-order valence-electron chi connectivity index (χ1n) is 11.8. The molecule has 0 spiro atoms. The number of aromatic nitrogens is 5. The van der Waals surface area contributed by atoms with Gasteiger partial charge in [-0.2, -0.15) is 5.26 Å². The summed E-state index contributed by atoms with van der Waals surface area (Å²) in [7, 11) is 0. The molecule has 4 heterocycles. The first kappa shape index (κ1) is 24.8. The Kier molecular flexibility index (Phi) is 5.44. The Morgan fingerprint density at radius 3 is 2.58 bits per heavy atom. The van der Waals surface area contributed by atoms with E-state index in [1.165, 1.54) is 25.3 Å². The van der Waals surface area contributed by atoms with Crippen LogP contribution in [0.2, 0.25) is 0 Å². The number of nitrogen functional groups attached to an aromatic ring is 1. The fourth-order valence-corrected chi connectivity index (χ4v) is 4.92. The zero-order valence-electron chi connectivity index (χ0n) is 20.6. The van der Waals surface area contributed by atoms with E-state index < -0.39 is 40.1 Å². The summed E-state index contributed by atoms with van der Waals surface area (Å²) < 4.78 is 43.8. The van der Waals surface area contributed by atoms with Gasteiger partial charge in [-0.25, -0.2) is 33.1 Å². The van der Waals surface area contributed by atoms with Gasteiger partial charge < -0.3 is 20.6 Å². The molecule has 40 heavy (non-hydrogen) atoms. The molecule has 1 aliphatic rings. The fourth-order valence-electron chi connectivity index (χ4n) is 4.92. The van der Waals surface area contributed by atoms with Crippen molar-refractivity contribution in [2.75, 3.05) is 11.1 Å². The van der Waals surface area contributed by atoms with Crippen LogP contribution in [0.15, 0.2) is 48.9 Å². The smallest absolute Gasteiger partial charge is 0.240 e. The van der Waals surface area contributed by atoms with Gasteiger partial charge in [0.15, 0.2) is 11.5 Å². The standard InChI is InChI=1S/C27H17F3N8O2/c1-27(13-7-17(30)16(10-31)20(39)8-13)21-22(32)35-23(36-24(21)37-26(27)40)19-11-38-3-2-33-25(38)18(34-19)6-12-4-14(28)9-15(29)5-12/h2-5,7-9,11,39H,6H2,1H3,(H3,32,35,36,37,40)/t27-/m1/s1. The van der Waals surface area contributed by atoms with Crippen molar-refractivity contribution in [2.24, 2.45) is 0 Å². The van der Waals surface area contributed by atoms with Crippen LogP contribution in [0.4, 0.5) is 24.8 Å². The lowest BCUT2D eigenvalue weighted by molar-refractivity contribution is -0.119. The van der Waals surface area contributed by atoms with Crippen molar-refractivity contribution in [3.63, 3.8) is 0 Å². The maximum absolute atomic E-state index is 14.5. The van der Waals surface area contributed by atoms with E-state index in [0.29, 0.717) is 16.9 Å². The predicted molar refractivity (Wildman–Crippen MR) is 135 cm³/mol. The highest BCUT2D eigenvalue weighted by molar-refractivity contribution is 6.09. The number of nitriles is 1. The average molecular weight is 542 g/mol. The van der Waals surface area contributed by atoms with Gasteiger partial charge in [-0.05, 0) is 42.3 Å². The second-order valence-corrected chi connectivity index (χ2v) is 9.38. The van der Waals surface area contributed by atoms with Gasteiger partial charge in [0.25, 0.3) is 0 Å². The summed E-state index contributed by atoms with van der Waals surface area (Å²) >= 11 is 0. The molecule has 0 saturated carbocycles. The molecule has 0 saturated heterocycles. The quantitative estimate of drug-likeness (QED) is 0.311. The molecule has 0 fully saturated rings. The van der Waals surface area contributed by atoms with Crippen LogP contribution < -0.4 is 11.1 Å². The number of phenols is 1. The number of nitrogens with one attached hydrogen (secondary N) is 1. The SMILES string of the molecule is C[C@]1(c2cc(O)c(C#N)c(F)c2)C(=O)Nc2nc(-c3cn4ccnc4c(Cc4cc(F)cc(F)c4)n3)nc(N)c21. The van der Waals surface area contributed by atoms with Crippen molar-refractivity contribution < 1.29 is 23.1 Å². The number of anilines is 2. The molecule has 1 atom stereocenters. The van der Waals surface area contributed by atoms with Crippen molar-refractivity contribution in [3.05, 3.63) is 94.3 Å². The second kappa shape index (κ2) is 8.77. The number of nitrogens with zero attached hydrogens (tertiary/aromatic N) is 6. The minimum atomic E-state index is -1.58. The largest absolute Gasteiger partial charge is 0.506 e. The van der Waals surface area contributed by atoms with Crippen LogP contribution in [0.1, 0.15) is 34.9 Å². The molecule has 6 rings (SSSR count). The summed E-state index contributed by atoms with van der Waals surface area (Å²) in [6.07, 6.45) is 4.82. The van der Waals surface area contributed by atoms with E-state index >= 15 is 0 Å². The van der Waals surface area contributed by atoms with Crippen LogP contribution >= 0.6 is 0 Å². The molecule has 1 amide bonds. The Morgan fingerprint density at radius 2 is 1.88 bits per heavy atom. The highest BCUT2D eigenvalue weighted by atomic mass is 19.1. The molecule has 0 aliphatic carbocycles. The number of hydrogen-bond acceptors (Lipinski definition) is 8. The lowest BCUT2D eigenvalue weighted by Crippen LogP contribution is -2.33. The van der Waals surface area contributed by atoms with Crippen molar-refractivity contribution in [1.29, 1.82) is 5.26 Å². The number of aromatic hydroxyl groups is 1. The van der Waals surface area contributed by atoms with Gasteiger partial charge in [-0.3, -0.25) is 4.79 Å². The third kappa shape index (κ3) is 3.77. The number of phenolic OH excluding ortho intramolecular Hbond substituents is 1. The number of rotatable bonds is 4. The Bertz CT molecular complexity index is 1890. The zero-order valence-corrected chi connectivity index (χ0v) is 20.6. The average Bonchev–Trinajstić information content (AvgIpc) is 3.46. The number of fused-ring (bicyclic) bond motifs is 2. The summed E-state index contributed by atoms with van der Waals surface area (Å²) in [6, 6.07) is 6.84. The zero-order chi connectivity index (χ0) is 28.3. The van der Waals surface area contributed by atoms with Gasteiger partial charge in [0.2, 0.25) is 5.91 Å². The van der Waals surface area contributed by atoms with Crippen LogP contribution in [0.25, 0.3) is 17.2 Å². The van der Waals surface area contributed by atoms with E-state index in [4.69, 9.17) is 11.0 Å². The second-order valence-electron chi connectivity index (χ2n) is 9.38. The maximum Gasteiger partial charge on any atom is 0.240 e. The number of halogens is 3. The first-order valence-corrected chi connectivity index (χ1v) is 11.8. The van der Waals surface area contributed by atoms with Gasteiger partial charge in [-0.1, -0.05) is 0 Å². The molecular formula is C27H17F3N8O2. The molecule has 3 aromatic heterocycles. The van der Waals surface area contributed by atoms with Gasteiger partial charge >= 0.3 is 0 Å². The van der Waals surface area contributed by atoms with E-state index in [1.54, 1.807) is 22.9 Å². The topological polar surface area (TPSA) is 155 Å². The van der Waals surface area contributed by atoms with Crippen LogP contribution in [0.3, 0.4) is 0 Å². The molecule has 0 bridgehead atoms. The Morgan fingerprint density at radius 1 is 1.12 bits per heavy atom. The van der Waals surface area contributed by atoms with Gasteiger partial charge in [0.1, 0.15) is 57.6 Å². The third-order valence-corrected chi connectivity index (χ3v) is 6.85. The minimum Gasteiger partial charge on any atom is -0.506 e. The highest BCUT2D eigenvalue weighted by Crippen LogP contribution is 2.46. The summed E-state index contributed by atoms with van der Waals surface area (Å²) in [5, 5.41) is 21.9. The first-order chi connectivity index (χ1) is 19.1. The van der Waals surface area contributed by atoms with Crippen LogP contribution in [0, 0.1) is 28.8 Å². The normalized spacial score (nSPS) is 16.1. The minimum absolute atomic E-state index is 0.0388. The van der Waals surface area contributed by atoms with Crippen LogP contribution in [-0.4, -0.2) is 35.4 Å². The molecule has 0 unspecified atom stereocenters. The molecule has 5 aromatic rings. The lowest BCUT2D eigenvalue weighted by Gasteiger charge is -2.24. The number of carbonyl (C=O) groups excluding carboxylic acids is 1. The fraction of sp³-hybridized carbons (Fsp3) is 0.111. The molecule has 198 valence electrons. The van der Waals surface area contributed by atoms with Gasteiger partial charge in [-0.15, -0.1) is 0 Å². The van der Waals surface area contributed by atoms with Crippen molar-refractivity contribution in [1.82, 2.24) is 24.3 Å². The van der Waals surface area contributed by atoms with E-state index in [0.717, 1.165) is 18.2 Å². The molecule has 2 aromatic carbocycles. The van der Waals surface area contributed by atoms with Crippen LogP contribution in [0.5, 0.6) is 5.75 Å². The van der Waals surface area contributed by atoms with Crippen LogP contribution in [-0.2, 0) is 16.6 Å². The Labute approximate surface area is 223 Å². The molecule has 4 N–H and O–H groups in total. The van der Waals surface area contributed by atoms with Crippen molar-refractivity contribution >= 4 is 23.2 Å². The van der Waals surface area contributed by atoms with E-state index in [-0.39, 0.29) is 40.7 Å². The van der Waals surface area contributed by atoms with Crippen molar-refractivity contribution in [2.45, 2.75) is 18.8 Å². The lowest BCUT2D eigenvalue weighted by atomic mass is 9.77. The Balaban J connectivity index is 1.46. The maximum atomic E-state index is 14.5. The number of amides is 1. The number of imidazole rings is 1.